The van der Waals surface area contributed by atoms with Crippen LogP contribution in [0, 0.1) is 10.1 Å². The lowest BCUT2D eigenvalue weighted by molar-refractivity contribution is -0.402. The Hall–Kier alpha value is -2.97. The van der Waals surface area contributed by atoms with Crippen molar-refractivity contribution < 1.29 is 9.34 Å². The first-order valence-corrected chi connectivity index (χ1v) is 5.07. The molecule has 0 spiro atoms. The van der Waals surface area contributed by atoms with Crippen molar-refractivity contribution in [3.63, 3.8) is 0 Å². The van der Waals surface area contributed by atoms with Crippen LogP contribution in [0.25, 0.3) is 12.2 Å². The molecule has 0 fully saturated rings. The van der Waals surface area contributed by atoms with E-state index in [0.717, 1.165) is 4.57 Å². The number of rotatable bonds is 3. The highest BCUT2D eigenvalue weighted by atomic mass is 16.6. The molecule has 9 nitrogen and oxygen atoms in total. The van der Waals surface area contributed by atoms with Crippen LogP contribution in [0.2, 0.25) is 0 Å². The highest BCUT2D eigenvalue weighted by molar-refractivity contribution is 5.65. The van der Waals surface area contributed by atoms with Gasteiger partial charge in [-0.15, -0.1) is 0 Å². The average molecular weight is 264 g/mol. The molecule has 2 aromatic heterocycles. The molecule has 0 aliphatic heterocycles. The summed E-state index contributed by atoms with van der Waals surface area (Å²) in [6.45, 7) is 0. The standard InChI is InChI=1S/C10H8N4O5/c1-13-9(15)7(11-12-10(13)16)4-2-6-3-5-8(19-6)14(17)18/h2-5H,1H3,(H,12,16)/b4-2+. The van der Waals surface area contributed by atoms with Crippen molar-refractivity contribution in [2.45, 2.75) is 0 Å². The van der Waals surface area contributed by atoms with E-state index in [1.165, 1.54) is 31.3 Å². The van der Waals surface area contributed by atoms with Crippen molar-refractivity contribution in [2.75, 3.05) is 0 Å². The maximum atomic E-state index is 11.6. The smallest absolute Gasteiger partial charge is 0.401 e. The summed E-state index contributed by atoms with van der Waals surface area (Å²) in [6.07, 6.45) is 2.63. The second kappa shape index (κ2) is 4.72. The molecule has 0 bridgehead atoms. The van der Waals surface area contributed by atoms with E-state index >= 15 is 0 Å². The van der Waals surface area contributed by atoms with Gasteiger partial charge in [-0.3, -0.25) is 19.5 Å². The van der Waals surface area contributed by atoms with E-state index in [2.05, 4.69) is 10.2 Å². The molecule has 1 N–H and O–H groups in total. The Morgan fingerprint density at radius 1 is 1.42 bits per heavy atom. The molecule has 19 heavy (non-hydrogen) atoms. The molecular formula is C10H8N4O5. The second-order valence-electron chi connectivity index (χ2n) is 3.54. The van der Waals surface area contributed by atoms with Crippen molar-refractivity contribution in [1.29, 1.82) is 0 Å². The Kier molecular flexibility index (Phi) is 3.10. The van der Waals surface area contributed by atoms with Crippen LogP contribution < -0.4 is 11.2 Å². The first kappa shape index (κ1) is 12.5. The first-order chi connectivity index (χ1) is 8.99. The second-order valence-corrected chi connectivity index (χ2v) is 3.54. The zero-order valence-electron chi connectivity index (χ0n) is 9.69. The minimum absolute atomic E-state index is 0.0128. The van der Waals surface area contributed by atoms with Crippen LogP contribution in [0.3, 0.4) is 0 Å². The van der Waals surface area contributed by atoms with Crippen LogP contribution in [-0.4, -0.2) is 19.7 Å². The van der Waals surface area contributed by atoms with E-state index in [-0.39, 0.29) is 11.5 Å². The minimum Gasteiger partial charge on any atom is -0.401 e. The maximum Gasteiger partial charge on any atom is 0.433 e. The number of hydrogen-bond acceptors (Lipinski definition) is 6. The van der Waals surface area contributed by atoms with Crippen molar-refractivity contribution in [3.05, 3.63) is 54.5 Å². The third kappa shape index (κ3) is 2.49. The van der Waals surface area contributed by atoms with Gasteiger partial charge in [-0.25, -0.2) is 9.89 Å². The highest BCUT2D eigenvalue weighted by Crippen LogP contribution is 2.16. The molecular weight excluding hydrogens is 256 g/mol. The van der Waals surface area contributed by atoms with Crippen molar-refractivity contribution in [1.82, 2.24) is 14.8 Å². The molecule has 0 aliphatic rings. The fourth-order valence-electron chi connectivity index (χ4n) is 1.29. The van der Waals surface area contributed by atoms with Crippen LogP contribution in [0.4, 0.5) is 5.88 Å². The predicted octanol–water partition coefficient (Wildman–Crippen LogP) is 0.140. The van der Waals surface area contributed by atoms with E-state index in [0.29, 0.717) is 0 Å². The molecule has 0 radical (unpaired) electrons. The molecule has 2 aromatic rings. The fourth-order valence-corrected chi connectivity index (χ4v) is 1.29. The van der Waals surface area contributed by atoms with Gasteiger partial charge in [-0.05, 0) is 18.2 Å². The van der Waals surface area contributed by atoms with Gasteiger partial charge in [0.15, 0.2) is 0 Å². The van der Waals surface area contributed by atoms with Crippen molar-refractivity contribution in [2.24, 2.45) is 7.05 Å². The van der Waals surface area contributed by atoms with Crippen LogP contribution in [0.1, 0.15) is 11.5 Å². The largest absolute Gasteiger partial charge is 0.433 e. The molecule has 0 saturated heterocycles. The summed E-state index contributed by atoms with van der Waals surface area (Å²) in [5.41, 5.74) is -1.22. The van der Waals surface area contributed by atoms with Crippen LogP contribution in [0.15, 0.2) is 26.1 Å². The number of furan rings is 1. The Bertz CT molecular complexity index is 767. The molecule has 0 aromatic carbocycles. The summed E-state index contributed by atoms with van der Waals surface area (Å²) in [4.78, 5) is 32.4. The molecule has 98 valence electrons. The summed E-state index contributed by atoms with van der Waals surface area (Å²) >= 11 is 0. The zero-order chi connectivity index (χ0) is 14.0. The van der Waals surface area contributed by atoms with E-state index < -0.39 is 22.1 Å². The number of H-pyrrole nitrogens is 1. The van der Waals surface area contributed by atoms with Gasteiger partial charge in [0.2, 0.25) is 0 Å². The summed E-state index contributed by atoms with van der Waals surface area (Å²) < 4.78 is 5.72. The third-order valence-electron chi connectivity index (χ3n) is 2.30. The Balaban J connectivity index is 2.32. The number of aromatic nitrogens is 3. The van der Waals surface area contributed by atoms with Gasteiger partial charge < -0.3 is 4.42 Å². The molecule has 0 atom stereocenters. The fraction of sp³-hybridized carbons (Fsp3) is 0.100. The topological polar surface area (TPSA) is 124 Å². The zero-order valence-corrected chi connectivity index (χ0v) is 9.69. The summed E-state index contributed by atoms with van der Waals surface area (Å²) in [5.74, 6) is -0.205. The molecule has 0 amide bonds. The number of nitrogens with one attached hydrogen (secondary N) is 1. The van der Waals surface area contributed by atoms with Crippen molar-refractivity contribution >= 4 is 18.0 Å². The van der Waals surface area contributed by atoms with E-state index in [4.69, 9.17) is 4.42 Å². The Morgan fingerprint density at radius 2 is 2.16 bits per heavy atom. The minimum atomic E-state index is -0.672. The lowest BCUT2D eigenvalue weighted by Gasteiger charge is -1.95. The predicted molar refractivity (Wildman–Crippen MR) is 64.4 cm³/mol. The van der Waals surface area contributed by atoms with Crippen LogP contribution in [0.5, 0.6) is 0 Å². The SMILES string of the molecule is Cn1c(=O)[nH]nc(/C=C/c2ccc([N+](=O)[O-])o2)c1=O. The molecule has 9 heteroatoms. The average Bonchev–Trinajstić information content (AvgIpc) is 2.84. The number of aromatic amines is 1. The molecule has 0 aliphatic carbocycles. The molecule has 2 heterocycles. The van der Waals surface area contributed by atoms with Crippen LogP contribution >= 0.6 is 0 Å². The summed E-state index contributed by atoms with van der Waals surface area (Å²) in [5, 5.41) is 16.1. The first-order valence-electron chi connectivity index (χ1n) is 5.07. The summed E-state index contributed by atoms with van der Waals surface area (Å²) in [6, 6.07) is 2.57. The molecule has 0 saturated carbocycles. The van der Waals surface area contributed by atoms with Gasteiger partial charge in [-0.1, -0.05) is 0 Å². The molecule has 2 rings (SSSR count). The van der Waals surface area contributed by atoms with Gasteiger partial charge in [-0.2, -0.15) is 5.10 Å². The van der Waals surface area contributed by atoms with Gasteiger partial charge >= 0.3 is 11.6 Å². The lowest BCUT2D eigenvalue weighted by Crippen LogP contribution is -2.35. The van der Waals surface area contributed by atoms with Gasteiger partial charge in [0.05, 0.1) is 6.07 Å². The monoisotopic (exact) mass is 264 g/mol. The third-order valence-corrected chi connectivity index (χ3v) is 2.30. The number of nitro groups is 1. The van der Waals surface area contributed by atoms with Gasteiger partial charge in [0, 0.05) is 7.05 Å². The van der Waals surface area contributed by atoms with Gasteiger partial charge in [0.1, 0.15) is 16.4 Å². The van der Waals surface area contributed by atoms with E-state index in [9.17, 15) is 19.7 Å². The van der Waals surface area contributed by atoms with E-state index in [1.807, 2.05) is 0 Å². The Morgan fingerprint density at radius 3 is 2.79 bits per heavy atom. The Labute approximate surface area is 105 Å². The van der Waals surface area contributed by atoms with Crippen LogP contribution in [-0.2, 0) is 7.05 Å². The lowest BCUT2D eigenvalue weighted by atomic mass is 10.3. The maximum absolute atomic E-state index is 11.6. The molecule has 0 unspecified atom stereocenters. The quantitative estimate of drug-likeness (QED) is 0.621. The summed E-state index contributed by atoms with van der Waals surface area (Å²) in [7, 11) is 1.30. The van der Waals surface area contributed by atoms with E-state index in [1.54, 1.807) is 0 Å². The van der Waals surface area contributed by atoms with Crippen molar-refractivity contribution in [3.8, 4) is 0 Å². The highest BCUT2D eigenvalue weighted by Gasteiger charge is 2.10. The number of hydrogen-bond donors (Lipinski definition) is 1. The normalized spacial score (nSPS) is 11.0. The number of nitrogens with zero attached hydrogens (tertiary/aromatic N) is 3. The van der Waals surface area contributed by atoms with Gasteiger partial charge in [0.25, 0.3) is 5.56 Å².